The molecule has 0 aliphatic carbocycles. The zero-order valence-electron chi connectivity index (χ0n) is 9.83. The fraction of sp³-hybridized carbons (Fsp3) is 0.417. The second-order valence-corrected chi connectivity index (χ2v) is 5.03. The Balaban J connectivity index is 2.80. The highest BCUT2D eigenvalue weighted by Crippen LogP contribution is 2.17. The lowest BCUT2D eigenvalue weighted by atomic mass is 10.0. The van der Waals surface area contributed by atoms with E-state index in [1.807, 2.05) is 25.1 Å². The number of nitrogens with zero attached hydrogens (tertiary/aromatic N) is 1. The van der Waals surface area contributed by atoms with Gasteiger partial charge < -0.3 is 10.6 Å². The largest absolute Gasteiger partial charge is 0.347 e. The SMILES string of the molecule is Cc1ccc(Br)cc1CC(N)C(=O)N(C)C. The number of hydrogen-bond donors (Lipinski definition) is 1. The van der Waals surface area contributed by atoms with Gasteiger partial charge in [-0.2, -0.15) is 0 Å². The number of carbonyl (C=O) groups is 1. The van der Waals surface area contributed by atoms with E-state index in [2.05, 4.69) is 15.9 Å². The molecule has 1 aromatic carbocycles. The molecule has 16 heavy (non-hydrogen) atoms. The molecule has 0 radical (unpaired) electrons. The molecule has 0 aliphatic rings. The van der Waals surface area contributed by atoms with Crippen molar-refractivity contribution in [1.82, 2.24) is 4.90 Å². The highest BCUT2D eigenvalue weighted by molar-refractivity contribution is 9.10. The number of carbonyl (C=O) groups excluding carboxylic acids is 1. The van der Waals surface area contributed by atoms with E-state index in [4.69, 9.17) is 5.73 Å². The molecule has 0 heterocycles. The van der Waals surface area contributed by atoms with Gasteiger partial charge in [-0.1, -0.05) is 22.0 Å². The monoisotopic (exact) mass is 284 g/mol. The van der Waals surface area contributed by atoms with E-state index in [0.717, 1.165) is 15.6 Å². The molecular formula is C12H17BrN2O. The van der Waals surface area contributed by atoms with Crippen molar-refractivity contribution >= 4 is 21.8 Å². The Kier molecular flexibility index (Phi) is 4.50. The Morgan fingerprint density at radius 1 is 1.50 bits per heavy atom. The van der Waals surface area contributed by atoms with Crippen LogP contribution in [0.1, 0.15) is 11.1 Å². The average molecular weight is 285 g/mol. The molecule has 0 spiro atoms. The molecule has 0 saturated heterocycles. The molecule has 0 aromatic heterocycles. The maximum absolute atomic E-state index is 11.6. The standard InChI is InChI=1S/C12H17BrN2O/c1-8-4-5-10(13)6-9(8)7-11(14)12(16)15(2)3/h4-6,11H,7,14H2,1-3H3. The van der Waals surface area contributed by atoms with E-state index in [-0.39, 0.29) is 5.91 Å². The molecule has 1 rings (SSSR count). The van der Waals surface area contributed by atoms with Crippen molar-refractivity contribution in [1.29, 1.82) is 0 Å². The fourth-order valence-electron chi connectivity index (χ4n) is 1.52. The second kappa shape index (κ2) is 5.46. The normalized spacial score (nSPS) is 12.3. The number of rotatable bonds is 3. The van der Waals surface area contributed by atoms with Crippen molar-refractivity contribution in [2.24, 2.45) is 5.73 Å². The van der Waals surface area contributed by atoms with Gasteiger partial charge in [-0.3, -0.25) is 4.79 Å². The van der Waals surface area contributed by atoms with Gasteiger partial charge in [0.05, 0.1) is 6.04 Å². The summed E-state index contributed by atoms with van der Waals surface area (Å²) in [4.78, 5) is 13.2. The first-order valence-electron chi connectivity index (χ1n) is 5.13. The summed E-state index contributed by atoms with van der Waals surface area (Å²) in [6.45, 7) is 2.02. The molecule has 2 N–H and O–H groups in total. The van der Waals surface area contributed by atoms with E-state index in [1.165, 1.54) is 4.90 Å². The highest BCUT2D eigenvalue weighted by atomic mass is 79.9. The van der Waals surface area contributed by atoms with Crippen LogP contribution in [0.4, 0.5) is 0 Å². The van der Waals surface area contributed by atoms with Crippen LogP contribution >= 0.6 is 15.9 Å². The number of benzene rings is 1. The predicted molar refractivity (Wildman–Crippen MR) is 69.3 cm³/mol. The zero-order chi connectivity index (χ0) is 12.3. The van der Waals surface area contributed by atoms with Crippen molar-refractivity contribution in [2.45, 2.75) is 19.4 Å². The predicted octanol–water partition coefficient (Wildman–Crippen LogP) is 1.72. The lowest BCUT2D eigenvalue weighted by Gasteiger charge is -2.17. The second-order valence-electron chi connectivity index (χ2n) is 4.11. The molecule has 0 bridgehead atoms. The first kappa shape index (κ1) is 13.2. The maximum atomic E-state index is 11.6. The Bertz CT molecular complexity index is 391. The van der Waals surface area contributed by atoms with Crippen molar-refractivity contribution in [2.75, 3.05) is 14.1 Å². The molecule has 0 aliphatic heterocycles. The van der Waals surface area contributed by atoms with Crippen LogP contribution in [0.3, 0.4) is 0 Å². The average Bonchev–Trinajstić information content (AvgIpc) is 2.22. The first-order valence-corrected chi connectivity index (χ1v) is 5.93. The first-order chi connectivity index (χ1) is 7.41. The molecular weight excluding hydrogens is 268 g/mol. The minimum atomic E-state index is -0.469. The van der Waals surface area contributed by atoms with Gasteiger partial charge in [0.15, 0.2) is 0 Å². The third-order valence-electron chi connectivity index (χ3n) is 2.51. The van der Waals surface area contributed by atoms with Gasteiger partial charge in [-0.05, 0) is 36.6 Å². The number of amides is 1. The quantitative estimate of drug-likeness (QED) is 0.919. The summed E-state index contributed by atoms with van der Waals surface area (Å²) < 4.78 is 1.01. The van der Waals surface area contributed by atoms with E-state index in [1.54, 1.807) is 14.1 Å². The summed E-state index contributed by atoms with van der Waals surface area (Å²) in [7, 11) is 3.44. The molecule has 1 amide bonds. The van der Waals surface area contributed by atoms with Gasteiger partial charge in [-0.25, -0.2) is 0 Å². The molecule has 0 fully saturated rings. The van der Waals surface area contributed by atoms with E-state index >= 15 is 0 Å². The van der Waals surface area contributed by atoms with Crippen LogP contribution in [-0.4, -0.2) is 30.9 Å². The number of aryl methyl sites for hydroxylation is 1. The van der Waals surface area contributed by atoms with E-state index < -0.39 is 6.04 Å². The third-order valence-corrected chi connectivity index (χ3v) is 3.00. The Morgan fingerprint density at radius 3 is 2.69 bits per heavy atom. The number of nitrogens with two attached hydrogens (primary N) is 1. The molecule has 3 nitrogen and oxygen atoms in total. The van der Waals surface area contributed by atoms with Crippen molar-refractivity contribution in [3.63, 3.8) is 0 Å². The molecule has 1 atom stereocenters. The van der Waals surface area contributed by atoms with Gasteiger partial charge in [0.25, 0.3) is 0 Å². The topological polar surface area (TPSA) is 46.3 Å². The van der Waals surface area contributed by atoms with E-state index in [9.17, 15) is 4.79 Å². The lowest BCUT2D eigenvalue weighted by molar-refractivity contribution is -0.130. The van der Waals surface area contributed by atoms with Crippen LogP contribution in [0.25, 0.3) is 0 Å². The van der Waals surface area contributed by atoms with Gasteiger partial charge in [0.2, 0.25) is 5.91 Å². The minimum Gasteiger partial charge on any atom is -0.347 e. The number of likely N-dealkylation sites (N-methyl/N-ethyl adjacent to an activating group) is 1. The molecule has 0 saturated carbocycles. The molecule has 88 valence electrons. The molecule has 4 heteroatoms. The van der Waals surface area contributed by atoms with E-state index in [0.29, 0.717) is 6.42 Å². The van der Waals surface area contributed by atoms with Crippen LogP contribution < -0.4 is 5.73 Å². The fourth-order valence-corrected chi connectivity index (χ4v) is 1.92. The Morgan fingerprint density at radius 2 is 2.12 bits per heavy atom. The van der Waals surface area contributed by atoms with Gasteiger partial charge in [-0.15, -0.1) is 0 Å². The Hall–Kier alpha value is -0.870. The third kappa shape index (κ3) is 3.32. The van der Waals surface area contributed by atoms with Crippen molar-refractivity contribution in [3.05, 3.63) is 33.8 Å². The lowest BCUT2D eigenvalue weighted by Crippen LogP contribution is -2.41. The maximum Gasteiger partial charge on any atom is 0.239 e. The van der Waals surface area contributed by atoms with Crippen LogP contribution in [0.15, 0.2) is 22.7 Å². The molecule has 1 aromatic rings. The minimum absolute atomic E-state index is 0.0422. The summed E-state index contributed by atoms with van der Waals surface area (Å²) in [6, 6.07) is 5.55. The van der Waals surface area contributed by atoms with Crippen LogP contribution in [-0.2, 0) is 11.2 Å². The Labute approximate surface area is 105 Å². The summed E-state index contributed by atoms with van der Waals surface area (Å²) >= 11 is 3.42. The summed E-state index contributed by atoms with van der Waals surface area (Å²) in [5, 5.41) is 0. The number of halogens is 1. The molecule has 1 unspecified atom stereocenters. The van der Waals surface area contributed by atoms with Crippen LogP contribution in [0.5, 0.6) is 0 Å². The summed E-state index contributed by atoms with van der Waals surface area (Å²) in [6.07, 6.45) is 0.572. The van der Waals surface area contributed by atoms with Crippen LogP contribution in [0, 0.1) is 6.92 Å². The zero-order valence-corrected chi connectivity index (χ0v) is 11.4. The van der Waals surface area contributed by atoms with Crippen LogP contribution in [0.2, 0.25) is 0 Å². The van der Waals surface area contributed by atoms with Crippen molar-refractivity contribution in [3.8, 4) is 0 Å². The highest BCUT2D eigenvalue weighted by Gasteiger charge is 2.16. The number of hydrogen-bond acceptors (Lipinski definition) is 2. The van der Waals surface area contributed by atoms with Crippen molar-refractivity contribution < 1.29 is 4.79 Å². The summed E-state index contributed by atoms with van der Waals surface area (Å²) in [5.74, 6) is -0.0422. The van der Waals surface area contributed by atoms with Gasteiger partial charge in [0, 0.05) is 18.6 Å². The van der Waals surface area contributed by atoms with Gasteiger partial charge >= 0.3 is 0 Å². The van der Waals surface area contributed by atoms with Gasteiger partial charge in [0.1, 0.15) is 0 Å². The smallest absolute Gasteiger partial charge is 0.239 e. The summed E-state index contributed by atoms with van der Waals surface area (Å²) in [5.41, 5.74) is 8.13.